The number of aliphatic imine (C=N–C) groups is 1. The molecule has 0 aromatic rings. The Morgan fingerprint density at radius 2 is 1.82 bits per heavy atom. The Bertz CT molecular complexity index is 273. The minimum absolute atomic E-state index is 0.400. The van der Waals surface area contributed by atoms with Crippen LogP contribution in [-0.2, 0) is 0 Å². The molecule has 0 aromatic heterocycles. The van der Waals surface area contributed by atoms with Gasteiger partial charge in [-0.05, 0) is 25.7 Å². The number of nitrogens with zero attached hydrogens (tertiary/aromatic N) is 1. The topological polar surface area (TPSA) is 62.2 Å². The van der Waals surface area contributed by atoms with Gasteiger partial charge in [0.05, 0.1) is 0 Å². The molecule has 0 saturated carbocycles. The summed E-state index contributed by atoms with van der Waals surface area (Å²) < 4.78 is 0. The summed E-state index contributed by atoms with van der Waals surface area (Å²) in [6, 6.07) is 0. The summed E-state index contributed by atoms with van der Waals surface area (Å²) >= 11 is 0. The lowest BCUT2D eigenvalue weighted by Gasteiger charge is -2.12. The van der Waals surface area contributed by atoms with Gasteiger partial charge in [0.15, 0.2) is 5.84 Å². The molecule has 3 nitrogen and oxygen atoms in total. The third-order valence-electron chi connectivity index (χ3n) is 2.30. The van der Waals surface area contributed by atoms with Crippen LogP contribution in [0.15, 0.2) is 16.1 Å². The summed E-state index contributed by atoms with van der Waals surface area (Å²) in [6.45, 7) is 0. The van der Waals surface area contributed by atoms with Crippen molar-refractivity contribution in [2.75, 3.05) is 0 Å². The van der Waals surface area contributed by atoms with Crippen LogP contribution in [0.5, 0.6) is 0 Å². The lowest BCUT2D eigenvalue weighted by atomic mass is 9.92. The van der Waals surface area contributed by atoms with E-state index in [2.05, 4.69) is 4.99 Å². The minimum atomic E-state index is 0.400. The highest BCUT2D eigenvalue weighted by molar-refractivity contribution is 6.19. The molecule has 0 aromatic carbocycles. The van der Waals surface area contributed by atoms with Crippen LogP contribution in [-0.4, -0.2) is 11.7 Å². The van der Waals surface area contributed by atoms with Gasteiger partial charge >= 0.3 is 0 Å². The van der Waals surface area contributed by atoms with Gasteiger partial charge in [-0.25, -0.2) is 4.99 Å². The Morgan fingerprint density at radius 1 is 1.18 bits per heavy atom. The quantitative estimate of drug-likeness (QED) is 0.534. The highest BCUT2D eigenvalue weighted by Crippen LogP contribution is 2.29. The largest absolute Gasteiger partial charge is 0.383 e. The van der Waals surface area contributed by atoms with Crippen molar-refractivity contribution in [1.82, 2.24) is 0 Å². The first-order valence-electron chi connectivity index (χ1n) is 3.94. The SMILES string of the molecule is N=C1N=C(N)C2=C1CCCC2. The first-order chi connectivity index (χ1) is 5.29. The molecule has 0 radical (unpaired) electrons. The summed E-state index contributed by atoms with van der Waals surface area (Å²) in [5.74, 6) is 0.988. The highest BCUT2D eigenvalue weighted by Gasteiger charge is 2.23. The van der Waals surface area contributed by atoms with E-state index in [9.17, 15) is 0 Å². The molecule has 2 aliphatic rings. The first kappa shape index (κ1) is 6.58. The second kappa shape index (κ2) is 2.19. The monoisotopic (exact) mass is 149 g/mol. The van der Waals surface area contributed by atoms with Gasteiger partial charge in [0.2, 0.25) is 0 Å². The molecule has 1 aliphatic heterocycles. The van der Waals surface area contributed by atoms with Gasteiger partial charge in [0.1, 0.15) is 5.84 Å². The maximum absolute atomic E-state index is 7.48. The summed E-state index contributed by atoms with van der Waals surface area (Å²) in [5, 5.41) is 7.48. The van der Waals surface area contributed by atoms with Crippen LogP contribution < -0.4 is 5.73 Å². The van der Waals surface area contributed by atoms with E-state index in [1.54, 1.807) is 0 Å². The van der Waals surface area contributed by atoms with Gasteiger partial charge in [-0.3, -0.25) is 5.41 Å². The van der Waals surface area contributed by atoms with Crippen molar-refractivity contribution in [1.29, 1.82) is 5.41 Å². The van der Waals surface area contributed by atoms with Crippen molar-refractivity contribution in [3.05, 3.63) is 11.1 Å². The molecule has 1 heterocycles. The molecular formula is C8H11N3. The molecule has 3 N–H and O–H groups in total. The second-order valence-electron chi connectivity index (χ2n) is 3.01. The number of nitrogens with one attached hydrogen (secondary N) is 1. The maximum Gasteiger partial charge on any atom is 0.150 e. The molecule has 11 heavy (non-hydrogen) atoms. The number of rotatable bonds is 0. The molecule has 3 heteroatoms. The number of hydrogen-bond acceptors (Lipinski definition) is 2. The molecule has 0 unspecified atom stereocenters. The molecule has 58 valence electrons. The summed E-state index contributed by atoms with van der Waals surface area (Å²) in [4.78, 5) is 3.94. The summed E-state index contributed by atoms with van der Waals surface area (Å²) in [6.07, 6.45) is 4.40. The first-order valence-corrected chi connectivity index (χ1v) is 3.94. The van der Waals surface area contributed by atoms with E-state index in [0.29, 0.717) is 11.7 Å². The van der Waals surface area contributed by atoms with Crippen molar-refractivity contribution in [2.45, 2.75) is 25.7 Å². The Balaban J connectivity index is 2.41. The van der Waals surface area contributed by atoms with Crippen LogP contribution >= 0.6 is 0 Å². The minimum Gasteiger partial charge on any atom is -0.383 e. The highest BCUT2D eigenvalue weighted by atomic mass is 14.9. The molecule has 0 atom stereocenters. The van der Waals surface area contributed by atoms with Gasteiger partial charge in [-0.15, -0.1) is 0 Å². The van der Waals surface area contributed by atoms with E-state index >= 15 is 0 Å². The van der Waals surface area contributed by atoms with E-state index in [-0.39, 0.29) is 0 Å². The average Bonchev–Trinajstić information content (AvgIpc) is 2.30. The van der Waals surface area contributed by atoms with Crippen LogP contribution in [0.2, 0.25) is 0 Å². The zero-order valence-corrected chi connectivity index (χ0v) is 6.35. The molecule has 0 amide bonds. The smallest absolute Gasteiger partial charge is 0.150 e. The third kappa shape index (κ3) is 0.878. The van der Waals surface area contributed by atoms with Crippen molar-refractivity contribution in [3.63, 3.8) is 0 Å². The fourth-order valence-corrected chi connectivity index (χ4v) is 1.70. The lowest BCUT2D eigenvalue weighted by Crippen LogP contribution is -2.14. The van der Waals surface area contributed by atoms with Crippen molar-refractivity contribution in [2.24, 2.45) is 10.7 Å². The zero-order chi connectivity index (χ0) is 7.84. The molecule has 1 aliphatic carbocycles. The van der Waals surface area contributed by atoms with Gasteiger partial charge in [-0.1, -0.05) is 0 Å². The van der Waals surface area contributed by atoms with E-state index < -0.39 is 0 Å². The van der Waals surface area contributed by atoms with Crippen molar-refractivity contribution >= 4 is 11.7 Å². The zero-order valence-electron chi connectivity index (χ0n) is 6.35. The lowest BCUT2D eigenvalue weighted by molar-refractivity contribution is 0.706. The molecule has 0 saturated heterocycles. The normalized spacial score (nSPS) is 23.6. The van der Waals surface area contributed by atoms with Crippen LogP contribution in [0.4, 0.5) is 0 Å². The van der Waals surface area contributed by atoms with Gasteiger partial charge in [0, 0.05) is 11.1 Å². The van der Waals surface area contributed by atoms with Gasteiger partial charge in [-0.2, -0.15) is 0 Å². The fourth-order valence-electron chi connectivity index (χ4n) is 1.70. The standard InChI is InChI=1S/C8H11N3/c9-7-5-3-1-2-4-6(5)8(10)11-7/h1-4H2,(H3,9,10,11). The second-order valence-corrected chi connectivity index (χ2v) is 3.01. The number of amidine groups is 2. The predicted octanol–water partition coefficient (Wildman–Crippen LogP) is 1.21. The van der Waals surface area contributed by atoms with Crippen LogP contribution in [0.25, 0.3) is 0 Å². The van der Waals surface area contributed by atoms with E-state index in [0.717, 1.165) is 24.0 Å². The van der Waals surface area contributed by atoms with E-state index in [1.165, 1.54) is 12.8 Å². The Morgan fingerprint density at radius 3 is 2.45 bits per heavy atom. The van der Waals surface area contributed by atoms with Crippen LogP contribution in [0.3, 0.4) is 0 Å². The van der Waals surface area contributed by atoms with E-state index in [1.807, 2.05) is 0 Å². The summed E-state index contributed by atoms with van der Waals surface area (Å²) in [7, 11) is 0. The number of nitrogens with two attached hydrogens (primary N) is 1. The molecule has 0 bridgehead atoms. The maximum atomic E-state index is 7.48. The molecule has 0 spiro atoms. The fraction of sp³-hybridized carbons (Fsp3) is 0.500. The Kier molecular flexibility index (Phi) is 1.31. The third-order valence-corrected chi connectivity index (χ3v) is 2.30. The van der Waals surface area contributed by atoms with Gasteiger partial charge in [0.25, 0.3) is 0 Å². The van der Waals surface area contributed by atoms with Crippen LogP contribution in [0.1, 0.15) is 25.7 Å². The molecular weight excluding hydrogens is 138 g/mol. The predicted molar refractivity (Wildman–Crippen MR) is 44.8 cm³/mol. The number of hydrogen-bond donors (Lipinski definition) is 2. The Labute approximate surface area is 65.5 Å². The Hall–Kier alpha value is -1.12. The molecule has 2 rings (SSSR count). The van der Waals surface area contributed by atoms with E-state index in [4.69, 9.17) is 11.1 Å². The van der Waals surface area contributed by atoms with Crippen LogP contribution in [0, 0.1) is 5.41 Å². The average molecular weight is 149 g/mol. The van der Waals surface area contributed by atoms with Crippen molar-refractivity contribution in [3.8, 4) is 0 Å². The summed E-state index contributed by atoms with van der Waals surface area (Å²) in [5.41, 5.74) is 7.86. The van der Waals surface area contributed by atoms with Gasteiger partial charge < -0.3 is 5.73 Å². The molecule has 0 fully saturated rings. The van der Waals surface area contributed by atoms with Crippen molar-refractivity contribution < 1.29 is 0 Å².